The van der Waals surface area contributed by atoms with Gasteiger partial charge in [-0.05, 0) is 42.5 Å². The van der Waals surface area contributed by atoms with Crippen LogP contribution in [0.5, 0.6) is 0 Å². The molecule has 0 bridgehead atoms. The summed E-state index contributed by atoms with van der Waals surface area (Å²) in [5.41, 5.74) is 9.80. The van der Waals surface area contributed by atoms with E-state index in [2.05, 4.69) is 14.8 Å². The standard InChI is InChI=1S/C24H32N6O/c25-20-4-1-3-18(15-20)16-23(31)29-9-7-19-17-26-24(27-22(19)8-10-29)30-13-11-28(12-14-30)21-5-2-6-21/h1,3-4,15,17,21H,2,5-14,16,25H2. The van der Waals surface area contributed by atoms with Crippen LogP contribution in [0.1, 0.15) is 36.1 Å². The molecule has 0 atom stereocenters. The van der Waals surface area contributed by atoms with Gasteiger partial charge in [0, 0.05) is 63.6 Å². The number of piperazine rings is 1. The number of hydrogen-bond donors (Lipinski definition) is 1. The molecular weight excluding hydrogens is 388 g/mol. The van der Waals surface area contributed by atoms with E-state index in [1.165, 1.54) is 24.8 Å². The van der Waals surface area contributed by atoms with Crippen LogP contribution >= 0.6 is 0 Å². The normalized spacial score (nSPS) is 20.1. The van der Waals surface area contributed by atoms with E-state index in [0.29, 0.717) is 18.7 Å². The fourth-order valence-electron chi connectivity index (χ4n) is 4.90. The summed E-state index contributed by atoms with van der Waals surface area (Å²) >= 11 is 0. The number of rotatable bonds is 4. The SMILES string of the molecule is Nc1cccc(CC(=O)N2CCc3cnc(N4CCN(C5CCC5)CC4)nc3CC2)c1. The van der Waals surface area contributed by atoms with Gasteiger partial charge in [0.25, 0.3) is 0 Å². The number of hydrogen-bond acceptors (Lipinski definition) is 6. The molecule has 1 aromatic carbocycles. The van der Waals surface area contributed by atoms with Gasteiger partial charge in [0.05, 0.1) is 12.1 Å². The molecule has 164 valence electrons. The number of carbonyl (C=O) groups excluding carboxylic acids is 1. The molecule has 3 heterocycles. The molecular formula is C24H32N6O. The Kier molecular flexibility index (Phi) is 5.76. The second-order valence-corrected chi connectivity index (χ2v) is 9.05. The van der Waals surface area contributed by atoms with Gasteiger partial charge in [-0.3, -0.25) is 9.69 Å². The van der Waals surface area contributed by atoms with Gasteiger partial charge in [-0.15, -0.1) is 0 Å². The maximum atomic E-state index is 12.8. The van der Waals surface area contributed by atoms with Crippen LogP contribution in [0, 0.1) is 0 Å². The minimum absolute atomic E-state index is 0.152. The van der Waals surface area contributed by atoms with E-state index in [0.717, 1.165) is 68.8 Å². The number of nitrogen functional groups attached to an aromatic ring is 1. The van der Waals surface area contributed by atoms with Crippen molar-refractivity contribution in [2.75, 3.05) is 49.9 Å². The quantitative estimate of drug-likeness (QED) is 0.762. The molecule has 0 radical (unpaired) electrons. The van der Waals surface area contributed by atoms with E-state index < -0.39 is 0 Å². The van der Waals surface area contributed by atoms with E-state index in [4.69, 9.17) is 10.7 Å². The molecule has 3 aliphatic rings. The highest BCUT2D eigenvalue weighted by molar-refractivity contribution is 5.79. The van der Waals surface area contributed by atoms with Crippen molar-refractivity contribution in [3.63, 3.8) is 0 Å². The lowest BCUT2D eigenvalue weighted by Gasteiger charge is -2.43. The van der Waals surface area contributed by atoms with Gasteiger partial charge in [0.1, 0.15) is 0 Å². The smallest absolute Gasteiger partial charge is 0.227 e. The average Bonchev–Trinajstić information content (AvgIpc) is 2.95. The Labute approximate surface area is 184 Å². The van der Waals surface area contributed by atoms with Gasteiger partial charge in [0.15, 0.2) is 0 Å². The van der Waals surface area contributed by atoms with Crippen LogP contribution in [0.2, 0.25) is 0 Å². The topological polar surface area (TPSA) is 78.6 Å². The fraction of sp³-hybridized carbons (Fsp3) is 0.542. The van der Waals surface area contributed by atoms with Gasteiger partial charge in [-0.25, -0.2) is 9.97 Å². The molecule has 2 aliphatic heterocycles. The van der Waals surface area contributed by atoms with Crippen molar-refractivity contribution >= 4 is 17.5 Å². The highest BCUT2D eigenvalue weighted by Gasteiger charge is 2.29. The second-order valence-electron chi connectivity index (χ2n) is 9.05. The lowest BCUT2D eigenvalue weighted by molar-refractivity contribution is -0.130. The molecule has 0 spiro atoms. The number of nitrogens with zero attached hydrogens (tertiary/aromatic N) is 5. The monoisotopic (exact) mass is 420 g/mol. The van der Waals surface area contributed by atoms with Crippen molar-refractivity contribution in [3.8, 4) is 0 Å². The van der Waals surface area contributed by atoms with E-state index in [9.17, 15) is 4.79 Å². The molecule has 7 nitrogen and oxygen atoms in total. The lowest BCUT2D eigenvalue weighted by Crippen LogP contribution is -2.52. The van der Waals surface area contributed by atoms with Crippen LogP contribution < -0.4 is 10.6 Å². The Balaban J connectivity index is 1.20. The summed E-state index contributed by atoms with van der Waals surface area (Å²) in [6, 6.07) is 8.40. The lowest BCUT2D eigenvalue weighted by atomic mass is 9.91. The first-order valence-corrected chi connectivity index (χ1v) is 11.6. The zero-order chi connectivity index (χ0) is 21.2. The zero-order valence-corrected chi connectivity index (χ0v) is 18.2. The highest BCUT2D eigenvalue weighted by Crippen LogP contribution is 2.26. The Bertz CT molecular complexity index is 935. The summed E-state index contributed by atoms with van der Waals surface area (Å²) in [6.45, 7) is 5.64. The number of fused-ring (bicyclic) bond motifs is 1. The van der Waals surface area contributed by atoms with Crippen molar-refractivity contribution in [3.05, 3.63) is 47.3 Å². The van der Waals surface area contributed by atoms with Crippen molar-refractivity contribution in [1.29, 1.82) is 0 Å². The second kappa shape index (κ2) is 8.83. The molecule has 1 saturated heterocycles. The third kappa shape index (κ3) is 4.51. The maximum Gasteiger partial charge on any atom is 0.227 e. The largest absolute Gasteiger partial charge is 0.399 e. The third-order valence-corrected chi connectivity index (χ3v) is 7.06. The van der Waals surface area contributed by atoms with Crippen molar-refractivity contribution in [2.24, 2.45) is 0 Å². The predicted molar refractivity (Wildman–Crippen MR) is 122 cm³/mol. The van der Waals surface area contributed by atoms with Crippen molar-refractivity contribution in [2.45, 2.75) is 44.6 Å². The van der Waals surface area contributed by atoms with E-state index >= 15 is 0 Å². The molecule has 1 aromatic heterocycles. The first kappa shape index (κ1) is 20.2. The first-order valence-electron chi connectivity index (χ1n) is 11.6. The summed E-state index contributed by atoms with van der Waals surface area (Å²) in [5.74, 6) is 1.00. The number of aromatic nitrogens is 2. The van der Waals surface area contributed by atoms with Gasteiger partial charge in [-0.1, -0.05) is 18.6 Å². The number of amides is 1. The molecule has 7 heteroatoms. The number of anilines is 2. The summed E-state index contributed by atoms with van der Waals surface area (Å²) in [5, 5.41) is 0. The molecule has 2 N–H and O–H groups in total. The molecule has 1 amide bonds. The predicted octanol–water partition coefficient (Wildman–Crippen LogP) is 1.90. The Morgan fingerprint density at radius 2 is 1.87 bits per heavy atom. The average molecular weight is 421 g/mol. The molecule has 31 heavy (non-hydrogen) atoms. The van der Waals surface area contributed by atoms with Gasteiger partial charge < -0.3 is 15.5 Å². The molecule has 2 fully saturated rings. The Hall–Kier alpha value is -2.67. The fourth-order valence-corrected chi connectivity index (χ4v) is 4.90. The molecule has 5 rings (SSSR count). The molecule has 0 unspecified atom stereocenters. The van der Waals surface area contributed by atoms with Crippen LogP contribution in [0.4, 0.5) is 11.6 Å². The van der Waals surface area contributed by atoms with Gasteiger partial charge in [0.2, 0.25) is 11.9 Å². The van der Waals surface area contributed by atoms with Crippen molar-refractivity contribution in [1.82, 2.24) is 19.8 Å². The maximum absolute atomic E-state index is 12.8. The van der Waals surface area contributed by atoms with E-state index in [1.807, 2.05) is 35.4 Å². The minimum atomic E-state index is 0.152. The van der Waals surface area contributed by atoms with Crippen molar-refractivity contribution < 1.29 is 4.79 Å². The summed E-state index contributed by atoms with van der Waals surface area (Å²) in [4.78, 5) is 29.4. The Morgan fingerprint density at radius 3 is 2.61 bits per heavy atom. The summed E-state index contributed by atoms with van der Waals surface area (Å²) in [6.07, 6.45) is 8.09. The Morgan fingerprint density at radius 1 is 1.06 bits per heavy atom. The van der Waals surface area contributed by atoms with Crippen LogP contribution in [0.15, 0.2) is 30.5 Å². The molecule has 1 aliphatic carbocycles. The number of benzene rings is 1. The molecule has 2 aromatic rings. The number of carbonyl (C=O) groups is 1. The first-order chi connectivity index (χ1) is 15.2. The van der Waals surface area contributed by atoms with Crippen LogP contribution in [-0.2, 0) is 24.1 Å². The number of nitrogens with two attached hydrogens (primary N) is 1. The van der Waals surface area contributed by atoms with Crippen LogP contribution in [0.3, 0.4) is 0 Å². The van der Waals surface area contributed by atoms with Crippen LogP contribution in [0.25, 0.3) is 0 Å². The summed E-state index contributed by atoms with van der Waals surface area (Å²) in [7, 11) is 0. The summed E-state index contributed by atoms with van der Waals surface area (Å²) < 4.78 is 0. The van der Waals surface area contributed by atoms with Gasteiger partial charge in [-0.2, -0.15) is 0 Å². The zero-order valence-electron chi connectivity index (χ0n) is 18.2. The van der Waals surface area contributed by atoms with E-state index in [1.54, 1.807) is 0 Å². The highest BCUT2D eigenvalue weighted by atomic mass is 16.2. The van der Waals surface area contributed by atoms with Crippen LogP contribution in [-0.4, -0.2) is 71.0 Å². The van der Waals surface area contributed by atoms with E-state index in [-0.39, 0.29) is 5.91 Å². The third-order valence-electron chi connectivity index (χ3n) is 7.06. The molecule has 1 saturated carbocycles. The minimum Gasteiger partial charge on any atom is -0.399 e. The van der Waals surface area contributed by atoms with Gasteiger partial charge >= 0.3 is 0 Å².